The van der Waals surface area contributed by atoms with Gasteiger partial charge in [0.2, 0.25) is 6.29 Å². The van der Waals surface area contributed by atoms with E-state index in [-0.39, 0.29) is 6.61 Å². The van der Waals surface area contributed by atoms with Gasteiger partial charge in [0.25, 0.3) is 0 Å². The van der Waals surface area contributed by atoms with Crippen molar-refractivity contribution in [2.24, 2.45) is 0 Å². The summed E-state index contributed by atoms with van der Waals surface area (Å²) in [6.45, 7) is 2.13. The summed E-state index contributed by atoms with van der Waals surface area (Å²) in [6.07, 6.45) is -1.45. The van der Waals surface area contributed by atoms with Crippen LogP contribution in [0, 0.1) is 0 Å². The van der Waals surface area contributed by atoms with Gasteiger partial charge in [-0.1, -0.05) is 6.07 Å². The number of rotatable bonds is 1. The van der Waals surface area contributed by atoms with Gasteiger partial charge in [0.1, 0.15) is 6.23 Å². The molecule has 1 saturated heterocycles. The quantitative estimate of drug-likeness (QED) is 0.626. The summed E-state index contributed by atoms with van der Waals surface area (Å²) < 4.78 is 10.9. The molecule has 0 radical (unpaired) electrons. The van der Waals surface area contributed by atoms with E-state index in [2.05, 4.69) is 5.32 Å². The normalized spacial score (nSPS) is 27.1. The van der Waals surface area contributed by atoms with Crippen LogP contribution in [0.3, 0.4) is 0 Å². The topological polar surface area (TPSA) is 74.2 Å². The number of hydrogen-bond donors (Lipinski definition) is 3. The van der Waals surface area contributed by atoms with Gasteiger partial charge in [-0.2, -0.15) is 0 Å². The van der Waals surface area contributed by atoms with Crippen molar-refractivity contribution in [1.82, 2.24) is 5.32 Å². The number of aliphatic hydroxyl groups is 2. The lowest BCUT2D eigenvalue weighted by molar-refractivity contribution is -0.0668. The smallest absolute Gasteiger partial charge is 0.232 e. The molecule has 3 rings (SSSR count). The molecular weight excluding hydrogens is 236 g/mol. The number of nitrogens with zero attached hydrogens (tertiary/aromatic N) is 1. The molecule has 1 fully saturated rings. The fraction of sp³-hybridized carbons (Fsp3) is 0.500. The molecule has 6 heteroatoms. The van der Waals surface area contributed by atoms with E-state index in [4.69, 9.17) is 9.47 Å². The summed E-state index contributed by atoms with van der Waals surface area (Å²) >= 11 is 0. The average molecular weight is 252 g/mol. The number of β-amino-alcohol motifs (C(OH)–C–C–N with tert-alkyl or cyclic N) is 1. The monoisotopic (exact) mass is 252 g/mol. The van der Waals surface area contributed by atoms with E-state index < -0.39 is 12.5 Å². The van der Waals surface area contributed by atoms with Crippen molar-refractivity contribution in [2.75, 3.05) is 31.1 Å². The van der Waals surface area contributed by atoms with Gasteiger partial charge in [0.05, 0.1) is 12.2 Å². The Labute approximate surface area is 105 Å². The molecule has 98 valence electrons. The highest BCUT2D eigenvalue weighted by Crippen LogP contribution is 2.40. The van der Waals surface area contributed by atoms with Crippen molar-refractivity contribution in [1.29, 1.82) is 0 Å². The first-order valence-electron chi connectivity index (χ1n) is 6.01. The molecule has 6 nitrogen and oxygen atoms in total. The van der Waals surface area contributed by atoms with Crippen molar-refractivity contribution in [2.45, 2.75) is 12.5 Å². The number of benzene rings is 1. The largest absolute Gasteiger partial charge is 0.481 e. The summed E-state index contributed by atoms with van der Waals surface area (Å²) in [6, 6.07) is 5.54. The van der Waals surface area contributed by atoms with Crippen molar-refractivity contribution >= 4 is 5.69 Å². The second-order valence-electron chi connectivity index (χ2n) is 4.40. The van der Waals surface area contributed by atoms with Gasteiger partial charge in [-0.15, -0.1) is 0 Å². The molecule has 0 spiro atoms. The Morgan fingerprint density at radius 1 is 1.33 bits per heavy atom. The minimum absolute atomic E-state index is 0.124. The first-order chi connectivity index (χ1) is 8.74. The second kappa shape index (κ2) is 4.64. The van der Waals surface area contributed by atoms with Crippen LogP contribution in [0.25, 0.3) is 0 Å². The van der Waals surface area contributed by atoms with E-state index in [1.165, 1.54) is 0 Å². The number of aliphatic hydroxyl groups excluding tert-OH is 2. The SMILES string of the molecule is OC1CN(c2cccc3c2OCC(O)O3)CCN1. The minimum Gasteiger partial charge on any atom is -0.481 e. The summed E-state index contributed by atoms with van der Waals surface area (Å²) in [5.41, 5.74) is 0.889. The molecule has 2 unspecified atom stereocenters. The molecule has 1 aromatic rings. The third-order valence-electron chi connectivity index (χ3n) is 3.09. The van der Waals surface area contributed by atoms with Crippen LogP contribution in [0.4, 0.5) is 5.69 Å². The number of para-hydroxylation sites is 1. The van der Waals surface area contributed by atoms with E-state index in [0.29, 0.717) is 24.6 Å². The molecule has 18 heavy (non-hydrogen) atoms. The molecule has 0 aliphatic carbocycles. The minimum atomic E-state index is -0.915. The van der Waals surface area contributed by atoms with E-state index in [0.717, 1.165) is 12.2 Å². The molecule has 2 aliphatic heterocycles. The second-order valence-corrected chi connectivity index (χ2v) is 4.40. The highest BCUT2D eigenvalue weighted by molar-refractivity contribution is 5.65. The van der Waals surface area contributed by atoms with E-state index >= 15 is 0 Å². The average Bonchev–Trinajstić information content (AvgIpc) is 2.37. The van der Waals surface area contributed by atoms with Gasteiger partial charge in [-0.05, 0) is 12.1 Å². The third kappa shape index (κ3) is 2.10. The van der Waals surface area contributed by atoms with Gasteiger partial charge in [0, 0.05) is 13.1 Å². The van der Waals surface area contributed by atoms with E-state index in [1.807, 2.05) is 17.0 Å². The van der Waals surface area contributed by atoms with Crippen LogP contribution in [-0.2, 0) is 0 Å². The third-order valence-corrected chi connectivity index (χ3v) is 3.09. The summed E-state index contributed by atoms with van der Waals surface area (Å²) in [7, 11) is 0. The summed E-state index contributed by atoms with van der Waals surface area (Å²) in [5, 5.41) is 22.0. The van der Waals surface area contributed by atoms with Gasteiger partial charge >= 0.3 is 0 Å². The zero-order chi connectivity index (χ0) is 12.5. The summed E-state index contributed by atoms with van der Waals surface area (Å²) in [4.78, 5) is 2.04. The van der Waals surface area contributed by atoms with Crippen molar-refractivity contribution in [3.8, 4) is 11.5 Å². The Morgan fingerprint density at radius 2 is 2.22 bits per heavy atom. The Hall–Kier alpha value is -1.50. The number of anilines is 1. The zero-order valence-corrected chi connectivity index (χ0v) is 9.87. The lowest BCUT2D eigenvalue weighted by Crippen LogP contribution is -2.50. The Morgan fingerprint density at radius 3 is 3.06 bits per heavy atom. The standard InChI is InChI=1S/C12H16N2O4/c15-10-6-14(5-4-13-10)8-2-1-3-9-12(8)17-7-11(16)18-9/h1-3,10-11,13,15-16H,4-7H2. The molecule has 0 bridgehead atoms. The number of fused-ring (bicyclic) bond motifs is 1. The molecule has 3 N–H and O–H groups in total. The highest BCUT2D eigenvalue weighted by atomic mass is 16.7. The molecule has 2 aliphatic rings. The fourth-order valence-electron chi connectivity index (χ4n) is 2.28. The predicted octanol–water partition coefficient (Wildman–Crippen LogP) is -0.496. The number of hydrogen-bond acceptors (Lipinski definition) is 6. The Bertz CT molecular complexity index is 440. The molecule has 2 heterocycles. The molecule has 2 atom stereocenters. The van der Waals surface area contributed by atoms with Crippen LogP contribution >= 0.6 is 0 Å². The number of nitrogens with one attached hydrogen (secondary N) is 1. The maximum Gasteiger partial charge on any atom is 0.232 e. The Kier molecular flexibility index (Phi) is 2.99. The predicted molar refractivity (Wildman–Crippen MR) is 64.8 cm³/mol. The fourth-order valence-corrected chi connectivity index (χ4v) is 2.28. The molecule has 0 saturated carbocycles. The van der Waals surface area contributed by atoms with E-state index in [9.17, 15) is 10.2 Å². The Balaban J connectivity index is 1.90. The van der Waals surface area contributed by atoms with Gasteiger partial charge in [-0.3, -0.25) is 5.32 Å². The van der Waals surface area contributed by atoms with Crippen LogP contribution in [0.15, 0.2) is 18.2 Å². The number of piperazine rings is 1. The molecule has 0 amide bonds. The maximum absolute atomic E-state index is 9.62. The maximum atomic E-state index is 9.62. The lowest BCUT2D eigenvalue weighted by atomic mass is 10.2. The zero-order valence-electron chi connectivity index (χ0n) is 9.87. The van der Waals surface area contributed by atoms with Gasteiger partial charge in [-0.25, -0.2) is 0 Å². The van der Waals surface area contributed by atoms with Crippen LogP contribution in [0.1, 0.15) is 0 Å². The highest BCUT2D eigenvalue weighted by Gasteiger charge is 2.26. The summed E-state index contributed by atoms with van der Waals surface area (Å²) in [5.74, 6) is 1.18. The lowest BCUT2D eigenvalue weighted by Gasteiger charge is -2.35. The van der Waals surface area contributed by atoms with E-state index in [1.54, 1.807) is 6.07 Å². The van der Waals surface area contributed by atoms with Crippen LogP contribution < -0.4 is 19.7 Å². The molecular formula is C12H16N2O4. The molecule has 0 aromatic heterocycles. The first-order valence-corrected chi connectivity index (χ1v) is 6.01. The van der Waals surface area contributed by atoms with Crippen LogP contribution in [-0.4, -0.2) is 49.0 Å². The van der Waals surface area contributed by atoms with Crippen molar-refractivity contribution in [3.05, 3.63) is 18.2 Å². The van der Waals surface area contributed by atoms with Crippen molar-refractivity contribution < 1.29 is 19.7 Å². The van der Waals surface area contributed by atoms with Gasteiger partial charge in [0.15, 0.2) is 18.1 Å². The van der Waals surface area contributed by atoms with Crippen LogP contribution in [0.2, 0.25) is 0 Å². The number of ether oxygens (including phenoxy) is 2. The van der Waals surface area contributed by atoms with Crippen LogP contribution in [0.5, 0.6) is 11.5 Å². The van der Waals surface area contributed by atoms with Crippen molar-refractivity contribution in [3.63, 3.8) is 0 Å². The van der Waals surface area contributed by atoms with Gasteiger partial charge < -0.3 is 24.6 Å². The first kappa shape index (κ1) is 11.6. The molecule has 1 aromatic carbocycles.